The van der Waals surface area contributed by atoms with E-state index in [1.165, 1.54) is 0 Å². The number of benzene rings is 2. The van der Waals surface area contributed by atoms with Gasteiger partial charge in [-0.15, -0.1) is 0 Å². The number of hydrogen-bond acceptors (Lipinski definition) is 4. The number of aryl methyl sites for hydroxylation is 1. The minimum absolute atomic E-state index is 0.0125. The number of anilines is 2. The second-order valence-corrected chi connectivity index (χ2v) is 8.55. The third-order valence-corrected chi connectivity index (χ3v) is 6.14. The first-order chi connectivity index (χ1) is 14.1. The highest BCUT2D eigenvalue weighted by atomic mass is 32.2. The van der Waals surface area contributed by atoms with Crippen LogP contribution in [0.3, 0.4) is 0 Å². The van der Waals surface area contributed by atoms with Crippen molar-refractivity contribution in [2.45, 2.75) is 13.5 Å². The van der Waals surface area contributed by atoms with Gasteiger partial charge < -0.3 is 9.80 Å². The number of likely N-dealkylation sites (N-methyl/N-ethyl adjacent to an activating group) is 1. The van der Waals surface area contributed by atoms with Gasteiger partial charge >= 0.3 is 0 Å². The molecule has 3 aromatic rings. The highest BCUT2D eigenvalue weighted by Gasteiger charge is 2.21. The van der Waals surface area contributed by atoms with Crippen molar-refractivity contribution in [3.63, 3.8) is 0 Å². The number of nitrogens with zero attached hydrogens (tertiary/aromatic N) is 4. The van der Waals surface area contributed by atoms with Crippen LogP contribution in [0, 0.1) is 6.92 Å². The number of amides is 1. The van der Waals surface area contributed by atoms with E-state index in [0.29, 0.717) is 0 Å². The zero-order valence-corrected chi connectivity index (χ0v) is 17.7. The lowest BCUT2D eigenvalue weighted by molar-refractivity contribution is -0.119. The molecule has 0 aliphatic carbocycles. The van der Waals surface area contributed by atoms with E-state index in [0.717, 1.165) is 52.8 Å². The number of carbonyl (C=O) groups is 1. The van der Waals surface area contributed by atoms with Crippen LogP contribution in [-0.4, -0.2) is 47.3 Å². The van der Waals surface area contributed by atoms with E-state index in [1.807, 2.05) is 74.4 Å². The monoisotopic (exact) mass is 406 g/mol. The van der Waals surface area contributed by atoms with Crippen LogP contribution >= 0.6 is 11.8 Å². The van der Waals surface area contributed by atoms with Crippen molar-refractivity contribution in [1.82, 2.24) is 9.78 Å². The molecule has 29 heavy (non-hydrogen) atoms. The van der Waals surface area contributed by atoms with Crippen LogP contribution in [0.2, 0.25) is 0 Å². The van der Waals surface area contributed by atoms with Gasteiger partial charge in [-0.1, -0.05) is 42.5 Å². The summed E-state index contributed by atoms with van der Waals surface area (Å²) in [6.07, 6.45) is 2.01. The molecule has 0 atom stereocenters. The number of thioether (sulfide) groups is 1. The zero-order chi connectivity index (χ0) is 20.2. The molecule has 0 spiro atoms. The summed E-state index contributed by atoms with van der Waals surface area (Å²) in [6.45, 7) is 4.22. The molecular weight excluding hydrogens is 380 g/mol. The predicted molar refractivity (Wildman–Crippen MR) is 122 cm³/mol. The molecule has 2 aromatic carbocycles. The molecule has 1 fully saturated rings. The van der Waals surface area contributed by atoms with Crippen LogP contribution in [0.15, 0.2) is 60.8 Å². The number of rotatable bonds is 5. The molecule has 0 radical (unpaired) electrons. The molecule has 0 unspecified atom stereocenters. The Morgan fingerprint density at radius 3 is 2.59 bits per heavy atom. The van der Waals surface area contributed by atoms with Crippen LogP contribution in [0.4, 0.5) is 11.5 Å². The summed E-state index contributed by atoms with van der Waals surface area (Å²) < 4.78 is 1.79. The molecule has 0 N–H and O–H groups in total. The second kappa shape index (κ2) is 8.74. The van der Waals surface area contributed by atoms with Gasteiger partial charge in [0.05, 0.1) is 0 Å². The summed E-state index contributed by atoms with van der Waals surface area (Å²) >= 11 is 1.98. The van der Waals surface area contributed by atoms with Crippen molar-refractivity contribution in [3.05, 3.63) is 66.4 Å². The van der Waals surface area contributed by atoms with Crippen molar-refractivity contribution in [1.29, 1.82) is 0 Å². The van der Waals surface area contributed by atoms with Gasteiger partial charge in [0, 0.05) is 49.1 Å². The Hall–Kier alpha value is -2.73. The molecule has 4 rings (SSSR count). The maximum atomic E-state index is 12.9. The normalized spacial score (nSPS) is 14.1. The Morgan fingerprint density at radius 1 is 1.10 bits per heavy atom. The largest absolute Gasteiger partial charge is 0.353 e. The fourth-order valence-corrected chi connectivity index (χ4v) is 4.45. The van der Waals surface area contributed by atoms with Gasteiger partial charge in [0.25, 0.3) is 0 Å². The summed E-state index contributed by atoms with van der Waals surface area (Å²) in [7, 11) is 1.82. The van der Waals surface area contributed by atoms with Crippen molar-refractivity contribution in [3.8, 4) is 11.1 Å². The summed E-state index contributed by atoms with van der Waals surface area (Å²) in [5.74, 6) is 3.20. The molecule has 1 aromatic heterocycles. The number of aromatic nitrogens is 2. The Morgan fingerprint density at radius 2 is 1.86 bits per heavy atom. The standard InChI is InChI=1S/C23H26N4OS/c1-18-7-6-10-20(15-18)25(2)22(28)17-27-16-21(19-8-4-3-5-9-19)23(24-27)26-11-13-29-14-12-26/h3-10,15-16H,11-14,17H2,1-2H3. The van der Waals surface area contributed by atoms with Gasteiger partial charge in [0.1, 0.15) is 6.54 Å². The van der Waals surface area contributed by atoms with Crippen LogP contribution in [0.25, 0.3) is 11.1 Å². The number of carbonyl (C=O) groups excluding carboxylic acids is 1. The lowest BCUT2D eigenvalue weighted by atomic mass is 10.1. The molecule has 2 heterocycles. The van der Waals surface area contributed by atoms with Crippen molar-refractivity contribution < 1.29 is 4.79 Å². The number of hydrogen-bond donors (Lipinski definition) is 0. The molecule has 1 saturated heterocycles. The second-order valence-electron chi connectivity index (χ2n) is 7.32. The van der Waals surface area contributed by atoms with Crippen molar-refractivity contribution in [2.24, 2.45) is 0 Å². The summed E-state index contributed by atoms with van der Waals surface area (Å²) in [5.41, 5.74) is 4.26. The van der Waals surface area contributed by atoms with E-state index in [4.69, 9.17) is 5.10 Å². The van der Waals surface area contributed by atoms with Crippen LogP contribution in [-0.2, 0) is 11.3 Å². The quantitative estimate of drug-likeness (QED) is 0.640. The first-order valence-electron chi connectivity index (χ1n) is 9.90. The Bertz CT molecular complexity index is 980. The Balaban J connectivity index is 1.60. The van der Waals surface area contributed by atoms with E-state index in [2.05, 4.69) is 17.0 Å². The Labute approximate surface area is 176 Å². The average molecular weight is 407 g/mol. The molecule has 5 nitrogen and oxygen atoms in total. The molecule has 1 aliphatic heterocycles. The smallest absolute Gasteiger partial charge is 0.248 e. The minimum atomic E-state index is 0.0125. The Kier molecular flexibility index (Phi) is 5.90. The van der Waals surface area contributed by atoms with Gasteiger partial charge in [-0.3, -0.25) is 9.48 Å². The van der Waals surface area contributed by atoms with Crippen molar-refractivity contribution in [2.75, 3.05) is 41.4 Å². The van der Waals surface area contributed by atoms with E-state index in [9.17, 15) is 4.79 Å². The fourth-order valence-electron chi connectivity index (χ4n) is 3.55. The first kappa shape index (κ1) is 19.6. The van der Waals surface area contributed by atoms with Crippen LogP contribution < -0.4 is 9.80 Å². The minimum Gasteiger partial charge on any atom is -0.353 e. The van der Waals surface area contributed by atoms with E-state index in [1.54, 1.807) is 9.58 Å². The summed E-state index contributed by atoms with van der Waals surface area (Å²) in [4.78, 5) is 16.9. The van der Waals surface area contributed by atoms with Gasteiger partial charge in [0.2, 0.25) is 5.91 Å². The van der Waals surface area contributed by atoms with Gasteiger partial charge in [-0.05, 0) is 30.2 Å². The third kappa shape index (κ3) is 4.48. The van der Waals surface area contributed by atoms with Gasteiger partial charge in [-0.2, -0.15) is 16.9 Å². The van der Waals surface area contributed by atoms with Crippen molar-refractivity contribution >= 4 is 29.2 Å². The molecule has 6 heteroatoms. The summed E-state index contributed by atoms with van der Waals surface area (Å²) in [5, 5.41) is 4.83. The van der Waals surface area contributed by atoms with Gasteiger partial charge in [0.15, 0.2) is 5.82 Å². The molecular formula is C23H26N4OS. The maximum Gasteiger partial charge on any atom is 0.248 e. The molecule has 0 bridgehead atoms. The average Bonchev–Trinajstić information content (AvgIpc) is 3.18. The lowest BCUT2D eigenvalue weighted by Gasteiger charge is -2.27. The van der Waals surface area contributed by atoms with E-state index in [-0.39, 0.29) is 12.5 Å². The fraction of sp³-hybridized carbons (Fsp3) is 0.304. The van der Waals surface area contributed by atoms with Gasteiger partial charge in [-0.25, -0.2) is 0 Å². The topological polar surface area (TPSA) is 41.4 Å². The zero-order valence-electron chi connectivity index (χ0n) is 16.9. The molecule has 150 valence electrons. The molecule has 1 amide bonds. The van der Waals surface area contributed by atoms with E-state index >= 15 is 0 Å². The van der Waals surface area contributed by atoms with Crippen LogP contribution in [0.1, 0.15) is 5.56 Å². The van der Waals surface area contributed by atoms with Crippen LogP contribution in [0.5, 0.6) is 0 Å². The predicted octanol–water partition coefficient (Wildman–Crippen LogP) is 4.07. The maximum absolute atomic E-state index is 12.9. The SMILES string of the molecule is Cc1cccc(N(C)C(=O)Cn2cc(-c3ccccc3)c(N3CCSCC3)n2)c1. The van der Waals surface area contributed by atoms with E-state index < -0.39 is 0 Å². The highest BCUT2D eigenvalue weighted by molar-refractivity contribution is 7.99. The highest BCUT2D eigenvalue weighted by Crippen LogP contribution is 2.31. The lowest BCUT2D eigenvalue weighted by Crippen LogP contribution is -2.33. The third-order valence-electron chi connectivity index (χ3n) is 5.20. The molecule has 0 saturated carbocycles. The molecule has 1 aliphatic rings. The summed E-state index contributed by atoms with van der Waals surface area (Å²) in [6, 6.07) is 18.3. The first-order valence-corrected chi connectivity index (χ1v) is 11.1.